The Morgan fingerprint density at radius 1 is 1.50 bits per heavy atom. The van der Waals surface area contributed by atoms with Crippen LogP contribution in [0.5, 0.6) is 0 Å². The van der Waals surface area contributed by atoms with Crippen LogP contribution < -0.4 is 5.32 Å². The van der Waals surface area contributed by atoms with Crippen molar-refractivity contribution in [3.05, 3.63) is 11.7 Å². The molecule has 1 aromatic rings. The van der Waals surface area contributed by atoms with Gasteiger partial charge in [0, 0.05) is 33.9 Å². The van der Waals surface area contributed by atoms with Gasteiger partial charge in [-0.15, -0.1) is 0 Å². The highest BCUT2D eigenvalue weighted by atomic mass is 16.5. The fourth-order valence-electron chi connectivity index (χ4n) is 2.21. The zero-order chi connectivity index (χ0) is 17.4. The van der Waals surface area contributed by atoms with Crippen LogP contribution in [0.15, 0.2) is 9.52 Å². The van der Waals surface area contributed by atoms with Gasteiger partial charge in [-0.25, -0.2) is 0 Å². The second kappa shape index (κ2) is 9.58. The lowest BCUT2D eigenvalue weighted by Crippen LogP contribution is -2.40. The molecule has 1 aromatic heterocycles. The Labute approximate surface area is 143 Å². The SMILES string of the molecule is CCOC(C)c1noc(CNC(=NC)N(C)CCOCC2CC2)n1. The van der Waals surface area contributed by atoms with Crippen LogP contribution in [-0.4, -0.2) is 61.5 Å². The summed E-state index contributed by atoms with van der Waals surface area (Å²) in [4.78, 5) is 10.6. The van der Waals surface area contributed by atoms with E-state index in [1.807, 2.05) is 25.8 Å². The second-order valence-corrected chi connectivity index (χ2v) is 5.98. The number of hydrogen-bond donors (Lipinski definition) is 1. The molecule has 8 nitrogen and oxygen atoms in total. The van der Waals surface area contributed by atoms with Gasteiger partial charge in [-0.3, -0.25) is 4.99 Å². The molecule has 1 fully saturated rings. The van der Waals surface area contributed by atoms with Crippen LogP contribution in [0, 0.1) is 5.92 Å². The van der Waals surface area contributed by atoms with Crippen LogP contribution in [0.1, 0.15) is 44.5 Å². The van der Waals surface area contributed by atoms with Crippen molar-refractivity contribution in [3.63, 3.8) is 0 Å². The van der Waals surface area contributed by atoms with E-state index >= 15 is 0 Å². The fourth-order valence-corrected chi connectivity index (χ4v) is 2.21. The van der Waals surface area contributed by atoms with Crippen molar-refractivity contribution in [1.29, 1.82) is 0 Å². The van der Waals surface area contributed by atoms with E-state index in [4.69, 9.17) is 14.0 Å². The van der Waals surface area contributed by atoms with Gasteiger partial charge in [0.05, 0.1) is 13.2 Å². The molecule has 1 unspecified atom stereocenters. The second-order valence-electron chi connectivity index (χ2n) is 5.98. The Kier molecular flexibility index (Phi) is 7.45. The maximum absolute atomic E-state index is 5.66. The summed E-state index contributed by atoms with van der Waals surface area (Å²) in [6.07, 6.45) is 2.46. The summed E-state index contributed by atoms with van der Waals surface area (Å²) >= 11 is 0. The number of aromatic nitrogens is 2. The van der Waals surface area contributed by atoms with Crippen LogP contribution in [-0.2, 0) is 16.0 Å². The van der Waals surface area contributed by atoms with Gasteiger partial charge in [0.1, 0.15) is 6.10 Å². The number of hydrogen-bond acceptors (Lipinski definition) is 6. The molecule has 0 saturated heterocycles. The first-order valence-electron chi connectivity index (χ1n) is 8.57. The van der Waals surface area contributed by atoms with E-state index in [1.165, 1.54) is 12.8 Å². The monoisotopic (exact) mass is 339 g/mol. The van der Waals surface area contributed by atoms with E-state index in [2.05, 4.69) is 20.4 Å². The van der Waals surface area contributed by atoms with Gasteiger partial charge in [-0.1, -0.05) is 5.16 Å². The molecule has 1 aliphatic rings. The largest absolute Gasteiger partial charge is 0.379 e. The van der Waals surface area contributed by atoms with Crippen molar-refractivity contribution < 1.29 is 14.0 Å². The van der Waals surface area contributed by atoms with Crippen molar-refractivity contribution in [3.8, 4) is 0 Å². The maximum atomic E-state index is 5.66. The first kappa shape index (κ1) is 18.7. The molecular weight excluding hydrogens is 310 g/mol. The number of nitrogens with zero attached hydrogens (tertiary/aromatic N) is 4. The first-order chi connectivity index (χ1) is 11.6. The van der Waals surface area contributed by atoms with Gasteiger partial charge >= 0.3 is 0 Å². The quantitative estimate of drug-likeness (QED) is 0.394. The predicted molar refractivity (Wildman–Crippen MR) is 90.7 cm³/mol. The molecule has 0 radical (unpaired) electrons. The highest BCUT2D eigenvalue weighted by Crippen LogP contribution is 2.28. The topological polar surface area (TPSA) is 85.0 Å². The molecule has 136 valence electrons. The molecule has 0 aromatic carbocycles. The zero-order valence-corrected chi connectivity index (χ0v) is 15.1. The van der Waals surface area contributed by atoms with Crippen LogP contribution in [0.2, 0.25) is 0 Å². The Hall–Kier alpha value is -1.67. The lowest BCUT2D eigenvalue weighted by molar-refractivity contribution is 0.0683. The molecule has 8 heteroatoms. The highest BCUT2D eigenvalue weighted by Gasteiger charge is 2.21. The standard InChI is InChI=1S/C16H29N5O3/c1-5-23-12(2)15-19-14(24-20-15)10-18-16(17-3)21(4)8-9-22-11-13-6-7-13/h12-13H,5-11H2,1-4H3,(H,17,18). The highest BCUT2D eigenvalue weighted by molar-refractivity contribution is 5.79. The van der Waals surface area contributed by atoms with E-state index in [1.54, 1.807) is 7.05 Å². The van der Waals surface area contributed by atoms with Crippen LogP contribution in [0.4, 0.5) is 0 Å². The Morgan fingerprint density at radius 3 is 2.96 bits per heavy atom. The molecule has 1 atom stereocenters. The minimum absolute atomic E-state index is 0.168. The Balaban J connectivity index is 1.71. The molecule has 0 spiro atoms. The minimum atomic E-state index is -0.168. The smallest absolute Gasteiger partial charge is 0.246 e. The summed E-state index contributed by atoms with van der Waals surface area (Å²) in [7, 11) is 3.73. The molecule has 2 rings (SSSR count). The number of rotatable bonds is 10. The number of guanidine groups is 1. The van der Waals surface area contributed by atoms with Crippen molar-refractivity contribution in [2.45, 2.75) is 39.3 Å². The van der Waals surface area contributed by atoms with E-state index in [0.717, 1.165) is 25.0 Å². The van der Waals surface area contributed by atoms with Crippen molar-refractivity contribution >= 4 is 5.96 Å². The Morgan fingerprint density at radius 2 is 2.29 bits per heavy atom. The minimum Gasteiger partial charge on any atom is -0.379 e. The summed E-state index contributed by atoms with van der Waals surface area (Å²) in [5, 5.41) is 7.16. The summed E-state index contributed by atoms with van der Waals surface area (Å²) in [5.41, 5.74) is 0. The van der Waals surface area contributed by atoms with Crippen LogP contribution in [0.25, 0.3) is 0 Å². The zero-order valence-electron chi connectivity index (χ0n) is 15.1. The predicted octanol–water partition coefficient (Wildman–Crippen LogP) is 1.60. The molecule has 0 bridgehead atoms. The maximum Gasteiger partial charge on any atom is 0.246 e. The normalized spacial score (nSPS) is 16.2. The molecule has 1 saturated carbocycles. The number of likely N-dealkylation sites (N-methyl/N-ethyl adjacent to an activating group) is 1. The van der Waals surface area contributed by atoms with Crippen LogP contribution >= 0.6 is 0 Å². The van der Waals surface area contributed by atoms with Gasteiger partial charge in [-0.2, -0.15) is 4.98 Å². The van der Waals surface area contributed by atoms with Gasteiger partial charge in [0.25, 0.3) is 0 Å². The van der Waals surface area contributed by atoms with Crippen molar-refractivity contribution in [2.75, 3.05) is 40.5 Å². The van der Waals surface area contributed by atoms with E-state index in [9.17, 15) is 0 Å². The van der Waals surface area contributed by atoms with Crippen molar-refractivity contribution in [1.82, 2.24) is 20.4 Å². The third kappa shape index (κ3) is 6.09. The summed E-state index contributed by atoms with van der Waals surface area (Å²) in [6.45, 7) is 7.23. The third-order valence-corrected chi connectivity index (χ3v) is 3.86. The van der Waals surface area contributed by atoms with Crippen LogP contribution in [0.3, 0.4) is 0 Å². The summed E-state index contributed by atoms with van der Waals surface area (Å²) in [6, 6.07) is 0. The van der Waals surface area contributed by atoms with Gasteiger partial charge in [-0.05, 0) is 32.6 Å². The number of ether oxygens (including phenoxy) is 2. The van der Waals surface area contributed by atoms with Gasteiger partial charge in [0.15, 0.2) is 11.8 Å². The van der Waals surface area contributed by atoms with E-state index < -0.39 is 0 Å². The number of nitrogens with one attached hydrogen (secondary N) is 1. The molecule has 0 amide bonds. The lowest BCUT2D eigenvalue weighted by atomic mass is 10.4. The van der Waals surface area contributed by atoms with Crippen molar-refractivity contribution in [2.24, 2.45) is 10.9 Å². The molecule has 1 aliphatic carbocycles. The Bertz CT molecular complexity index is 516. The molecule has 1 heterocycles. The molecule has 24 heavy (non-hydrogen) atoms. The third-order valence-electron chi connectivity index (χ3n) is 3.86. The molecule has 0 aliphatic heterocycles. The van der Waals surface area contributed by atoms with Gasteiger partial charge < -0.3 is 24.2 Å². The fraction of sp³-hybridized carbons (Fsp3) is 0.812. The van der Waals surface area contributed by atoms with Gasteiger partial charge in [0.2, 0.25) is 5.89 Å². The number of aliphatic imine (C=N–C) groups is 1. The molecule has 1 N–H and O–H groups in total. The first-order valence-corrected chi connectivity index (χ1v) is 8.57. The average Bonchev–Trinajstić information content (AvgIpc) is 3.28. The summed E-state index contributed by atoms with van der Waals surface area (Å²) < 4.78 is 16.3. The average molecular weight is 339 g/mol. The van der Waals surface area contributed by atoms with E-state index in [0.29, 0.717) is 31.5 Å². The summed E-state index contributed by atoms with van der Waals surface area (Å²) in [5.74, 6) is 2.63. The lowest BCUT2D eigenvalue weighted by Gasteiger charge is -2.21. The van der Waals surface area contributed by atoms with E-state index in [-0.39, 0.29) is 6.10 Å². The molecular formula is C16H29N5O3.